The van der Waals surface area contributed by atoms with Crippen LogP contribution >= 0.6 is 0 Å². The third kappa shape index (κ3) is 7.44. The summed E-state index contributed by atoms with van der Waals surface area (Å²) >= 11 is 0. The van der Waals surface area contributed by atoms with Crippen molar-refractivity contribution in [1.82, 2.24) is 10.6 Å². The second-order valence-electron chi connectivity index (χ2n) is 10.7. The topological polar surface area (TPSA) is 309 Å². The van der Waals surface area contributed by atoms with Crippen molar-refractivity contribution in [2.24, 2.45) is 23.1 Å². The van der Waals surface area contributed by atoms with Crippen molar-refractivity contribution in [3.8, 4) is 0 Å². The van der Waals surface area contributed by atoms with Crippen LogP contribution < -0.4 is 27.8 Å². The van der Waals surface area contributed by atoms with E-state index in [1.54, 1.807) is 0 Å². The molecule has 2 saturated heterocycles. The summed E-state index contributed by atoms with van der Waals surface area (Å²) in [4.78, 5) is 12.5. The molecule has 16 N–H and O–H groups in total. The zero-order chi connectivity index (χ0) is 29.7. The van der Waals surface area contributed by atoms with Gasteiger partial charge in [-0.1, -0.05) is 0 Å². The van der Waals surface area contributed by atoms with Crippen LogP contribution in [0.25, 0.3) is 0 Å². The number of hydrogen-bond acceptors (Lipinski definition) is 16. The Balaban J connectivity index is 1.87. The molecule has 15 atom stereocenters. The molecule has 17 nitrogen and oxygen atoms in total. The third-order valence-electron chi connectivity index (χ3n) is 7.86. The van der Waals surface area contributed by atoms with Crippen molar-refractivity contribution in [3.05, 3.63) is 0 Å². The molecule has 0 bridgehead atoms. The number of carbonyl (C=O) groups is 1. The van der Waals surface area contributed by atoms with Gasteiger partial charge in [0.15, 0.2) is 6.29 Å². The van der Waals surface area contributed by atoms with Gasteiger partial charge in [-0.05, 0) is 6.42 Å². The number of hydrogen-bond donors (Lipinski definition) is 13. The van der Waals surface area contributed by atoms with Crippen LogP contribution in [0.4, 0.5) is 0 Å². The minimum absolute atomic E-state index is 0.0387. The van der Waals surface area contributed by atoms with Crippen LogP contribution in [-0.2, 0) is 19.0 Å². The van der Waals surface area contributed by atoms with E-state index in [0.717, 1.165) is 0 Å². The van der Waals surface area contributed by atoms with Crippen molar-refractivity contribution in [1.29, 1.82) is 0 Å². The summed E-state index contributed by atoms with van der Waals surface area (Å²) < 4.78 is 17.5. The van der Waals surface area contributed by atoms with E-state index in [1.165, 1.54) is 0 Å². The number of carbonyl (C=O) groups excluding carboxylic acids is 1. The van der Waals surface area contributed by atoms with Gasteiger partial charge in [0.05, 0.1) is 49.7 Å². The number of aliphatic hydroxyl groups is 8. The Hall–Kier alpha value is -1.13. The Morgan fingerprint density at radius 1 is 0.975 bits per heavy atom. The first-order valence-corrected chi connectivity index (χ1v) is 13.4. The van der Waals surface area contributed by atoms with Gasteiger partial charge in [0, 0.05) is 38.0 Å². The van der Waals surface area contributed by atoms with Crippen LogP contribution in [0.1, 0.15) is 12.8 Å². The Kier molecular flexibility index (Phi) is 12.4. The molecule has 3 rings (SSSR count). The average Bonchev–Trinajstić information content (AvgIpc) is 2.92. The first kappa shape index (κ1) is 33.4. The number of rotatable bonds is 11. The standard InChI is InChI=1S/C23H45N5O12/c24-5-12(33)22(37)28-9-3-8(25)15(21-16(26)19(36)17(34)13(38-21)6-27-1-2-29)18(35)20(9)40-23-11(32)4-10(31)14(7-30)39-23/h8-21,23,27,29-36H,1-7,24-26H2,(H,28,37)/t8-,9+,10-,11+,12-,13+,14+,15?,16+,17+,18-,19+,20-,21+,23+/m0/s1. The maximum Gasteiger partial charge on any atom is 0.250 e. The summed E-state index contributed by atoms with van der Waals surface area (Å²) in [6.45, 7) is -0.881. The van der Waals surface area contributed by atoms with E-state index in [4.69, 9.17) is 36.5 Å². The fraction of sp³-hybridized carbons (Fsp3) is 0.957. The molecule has 0 radical (unpaired) electrons. The van der Waals surface area contributed by atoms with Gasteiger partial charge >= 0.3 is 0 Å². The summed E-state index contributed by atoms with van der Waals surface area (Å²) in [5, 5.41) is 87.2. The van der Waals surface area contributed by atoms with Crippen LogP contribution in [-0.4, -0.2) is 165 Å². The van der Waals surface area contributed by atoms with Gasteiger partial charge in [0.2, 0.25) is 5.91 Å². The number of aliphatic hydroxyl groups excluding tert-OH is 8. The summed E-state index contributed by atoms with van der Waals surface area (Å²) in [5.41, 5.74) is 18.0. The molecule has 2 heterocycles. The van der Waals surface area contributed by atoms with E-state index in [9.17, 15) is 40.5 Å². The molecule has 3 fully saturated rings. The number of amides is 1. The highest BCUT2D eigenvalue weighted by atomic mass is 16.7. The maximum atomic E-state index is 12.5. The zero-order valence-electron chi connectivity index (χ0n) is 22.1. The molecule has 2 aliphatic heterocycles. The molecule has 0 aromatic heterocycles. The zero-order valence-corrected chi connectivity index (χ0v) is 22.1. The highest BCUT2D eigenvalue weighted by Gasteiger charge is 2.54. The quantitative estimate of drug-likeness (QED) is 0.100. The van der Waals surface area contributed by atoms with Gasteiger partial charge in [0.1, 0.15) is 36.6 Å². The highest BCUT2D eigenvalue weighted by molar-refractivity contribution is 5.81. The average molecular weight is 584 g/mol. The molecule has 40 heavy (non-hydrogen) atoms. The van der Waals surface area contributed by atoms with Crippen LogP contribution in [0, 0.1) is 5.92 Å². The Morgan fingerprint density at radius 2 is 1.68 bits per heavy atom. The lowest BCUT2D eigenvalue weighted by Gasteiger charge is -2.52. The molecular formula is C23H45N5O12. The molecule has 0 aromatic rings. The second-order valence-corrected chi connectivity index (χ2v) is 10.7. The predicted molar refractivity (Wildman–Crippen MR) is 135 cm³/mol. The van der Waals surface area contributed by atoms with E-state index in [2.05, 4.69) is 10.6 Å². The lowest BCUT2D eigenvalue weighted by molar-refractivity contribution is -0.303. The third-order valence-corrected chi connectivity index (χ3v) is 7.86. The molecule has 0 aromatic carbocycles. The van der Waals surface area contributed by atoms with Gasteiger partial charge in [-0.3, -0.25) is 4.79 Å². The lowest BCUT2D eigenvalue weighted by atomic mass is 9.71. The lowest BCUT2D eigenvalue weighted by Crippen LogP contribution is -2.71. The summed E-state index contributed by atoms with van der Waals surface area (Å²) in [5.74, 6) is -1.87. The highest BCUT2D eigenvalue weighted by Crippen LogP contribution is 2.37. The Labute approximate surface area is 231 Å². The van der Waals surface area contributed by atoms with Crippen LogP contribution in [0.2, 0.25) is 0 Å². The number of ether oxygens (including phenoxy) is 3. The molecule has 3 aliphatic rings. The predicted octanol–water partition coefficient (Wildman–Crippen LogP) is -7.89. The minimum Gasteiger partial charge on any atom is -0.395 e. The maximum absolute atomic E-state index is 12.5. The Morgan fingerprint density at radius 3 is 2.30 bits per heavy atom. The van der Waals surface area contributed by atoms with Gasteiger partial charge in [-0.2, -0.15) is 0 Å². The molecule has 1 aliphatic carbocycles. The normalized spacial score (nSPS) is 45.2. The van der Waals surface area contributed by atoms with Crippen LogP contribution in [0.3, 0.4) is 0 Å². The number of nitrogens with one attached hydrogen (secondary N) is 2. The van der Waals surface area contributed by atoms with E-state index in [1.807, 2.05) is 0 Å². The molecular weight excluding hydrogens is 538 g/mol. The second kappa shape index (κ2) is 14.9. The summed E-state index contributed by atoms with van der Waals surface area (Å²) in [6, 6.07) is -3.11. The van der Waals surface area contributed by atoms with Crippen LogP contribution in [0.5, 0.6) is 0 Å². The fourth-order valence-electron chi connectivity index (χ4n) is 5.60. The van der Waals surface area contributed by atoms with Crippen LogP contribution in [0.15, 0.2) is 0 Å². The van der Waals surface area contributed by atoms with E-state index in [-0.39, 0.29) is 39.1 Å². The minimum atomic E-state index is -1.56. The largest absolute Gasteiger partial charge is 0.395 e. The molecule has 1 amide bonds. The Bertz CT molecular complexity index is 803. The summed E-state index contributed by atoms with van der Waals surface area (Å²) in [6.07, 6.45) is -14.7. The van der Waals surface area contributed by atoms with Gasteiger partial charge < -0.3 is 82.9 Å². The van der Waals surface area contributed by atoms with E-state index >= 15 is 0 Å². The monoisotopic (exact) mass is 583 g/mol. The molecule has 1 unspecified atom stereocenters. The SMILES string of the molecule is NC[C@H](O)C(=O)N[C@@H]1C[C@H](N)C([C@H]2O[C@H](CNCCO)[C@@H](O)[C@H](O)[C@H]2N)[C@H](O)[C@H]1O[C@H]1O[C@H](CO)[C@@H](O)C[C@H]1O. The van der Waals surface area contributed by atoms with Crippen molar-refractivity contribution >= 4 is 5.91 Å². The fourth-order valence-corrected chi connectivity index (χ4v) is 5.60. The first-order chi connectivity index (χ1) is 18.9. The number of nitrogens with two attached hydrogens (primary N) is 3. The van der Waals surface area contributed by atoms with Crippen molar-refractivity contribution in [2.45, 2.75) is 98.3 Å². The smallest absolute Gasteiger partial charge is 0.250 e. The van der Waals surface area contributed by atoms with Crippen molar-refractivity contribution < 1.29 is 59.9 Å². The summed E-state index contributed by atoms with van der Waals surface area (Å²) in [7, 11) is 0. The molecule has 0 spiro atoms. The van der Waals surface area contributed by atoms with E-state index < -0.39 is 104 Å². The first-order valence-electron chi connectivity index (χ1n) is 13.4. The molecule has 1 saturated carbocycles. The molecule has 234 valence electrons. The van der Waals surface area contributed by atoms with Gasteiger partial charge in [-0.25, -0.2) is 0 Å². The van der Waals surface area contributed by atoms with Crippen molar-refractivity contribution in [2.75, 3.05) is 32.8 Å². The van der Waals surface area contributed by atoms with Crippen molar-refractivity contribution in [3.63, 3.8) is 0 Å². The van der Waals surface area contributed by atoms with Gasteiger partial charge in [0.25, 0.3) is 0 Å². The van der Waals surface area contributed by atoms with Gasteiger partial charge in [-0.15, -0.1) is 0 Å². The van der Waals surface area contributed by atoms with E-state index in [0.29, 0.717) is 0 Å². The molecule has 17 heteroatoms.